The van der Waals surface area contributed by atoms with Gasteiger partial charge in [-0.25, -0.2) is 0 Å². The van der Waals surface area contributed by atoms with E-state index in [0.29, 0.717) is 12.4 Å². The normalized spacial score (nSPS) is 20.5. The molecule has 1 aromatic rings. The number of aryl methyl sites for hydroxylation is 2. The van der Waals surface area contributed by atoms with Gasteiger partial charge in [-0.05, 0) is 19.8 Å². The van der Waals surface area contributed by atoms with Gasteiger partial charge in [-0.3, -0.25) is 9.48 Å². The Hall–Kier alpha value is -1.36. The highest BCUT2D eigenvalue weighted by molar-refractivity contribution is 5.93. The van der Waals surface area contributed by atoms with E-state index in [2.05, 4.69) is 10.4 Å². The molecule has 5 heteroatoms. The van der Waals surface area contributed by atoms with E-state index in [-0.39, 0.29) is 12.0 Å². The maximum Gasteiger partial charge on any atom is 0.254 e. The summed E-state index contributed by atoms with van der Waals surface area (Å²) in [5.74, 6) is 0.642. The van der Waals surface area contributed by atoms with Gasteiger partial charge in [0, 0.05) is 19.7 Å². The molecule has 5 nitrogen and oxygen atoms in total. The van der Waals surface area contributed by atoms with Crippen LogP contribution in [0.3, 0.4) is 0 Å². The molecule has 1 aliphatic heterocycles. The predicted molar refractivity (Wildman–Crippen MR) is 55.5 cm³/mol. The summed E-state index contributed by atoms with van der Waals surface area (Å²) in [7, 11) is 1.80. The molecule has 2 rings (SSSR count). The second kappa shape index (κ2) is 4.02. The van der Waals surface area contributed by atoms with Crippen molar-refractivity contribution in [1.29, 1.82) is 0 Å². The molecule has 0 bridgehead atoms. The lowest BCUT2D eigenvalue weighted by Gasteiger charge is -2.09. The molecule has 15 heavy (non-hydrogen) atoms. The van der Waals surface area contributed by atoms with Gasteiger partial charge in [0.15, 0.2) is 0 Å². The Morgan fingerprint density at radius 2 is 2.53 bits per heavy atom. The lowest BCUT2D eigenvalue weighted by molar-refractivity contribution is -0.124. The molecule has 82 valence electrons. The Bertz CT molecular complexity index is 367. The first-order valence-corrected chi connectivity index (χ1v) is 5.10. The lowest BCUT2D eigenvalue weighted by Crippen LogP contribution is -2.27. The van der Waals surface area contributed by atoms with Gasteiger partial charge in [-0.2, -0.15) is 5.10 Å². The molecule has 1 atom stereocenters. The topological polar surface area (TPSA) is 56.1 Å². The number of carbonyl (C=O) groups excluding carboxylic acids is 1. The molecule has 0 radical (unpaired) electrons. The van der Waals surface area contributed by atoms with Gasteiger partial charge in [0.25, 0.3) is 5.91 Å². The number of nitrogens with one attached hydrogen (secondary N) is 1. The third-order valence-electron chi connectivity index (χ3n) is 2.48. The Labute approximate surface area is 88.4 Å². The van der Waals surface area contributed by atoms with Crippen LogP contribution < -0.4 is 5.32 Å². The molecule has 0 aromatic carbocycles. The summed E-state index contributed by atoms with van der Waals surface area (Å²) in [6.45, 7) is 2.57. The van der Waals surface area contributed by atoms with E-state index in [0.717, 1.165) is 18.5 Å². The zero-order valence-electron chi connectivity index (χ0n) is 8.99. The van der Waals surface area contributed by atoms with Crippen molar-refractivity contribution in [2.75, 3.05) is 11.9 Å². The van der Waals surface area contributed by atoms with Gasteiger partial charge in [0.05, 0.1) is 5.69 Å². The molecule has 0 aliphatic carbocycles. The number of hydrogen-bond donors (Lipinski definition) is 1. The molecule has 1 amide bonds. The fourth-order valence-corrected chi connectivity index (χ4v) is 1.72. The van der Waals surface area contributed by atoms with Crippen LogP contribution in [0.1, 0.15) is 18.5 Å². The highest BCUT2D eigenvalue weighted by atomic mass is 16.5. The van der Waals surface area contributed by atoms with Gasteiger partial charge < -0.3 is 10.1 Å². The summed E-state index contributed by atoms with van der Waals surface area (Å²) < 4.78 is 6.95. The fourth-order valence-electron chi connectivity index (χ4n) is 1.72. The number of hydrogen-bond acceptors (Lipinski definition) is 3. The van der Waals surface area contributed by atoms with Crippen molar-refractivity contribution in [1.82, 2.24) is 9.78 Å². The van der Waals surface area contributed by atoms with Crippen LogP contribution in [0.2, 0.25) is 0 Å². The minimum Gasteiger partial charge on any atom is -0.368 e. The first-order chi connectivity index (χ1) is 7.16. The molecular formula is C10H15N3O2. The maximum absolute atomic E-state index is 11.7. The van der Waals surface area contributed by atoms with Crippen molar-refractivity contribution < 1.29 is 9.53 Å². The van der Waals surface area contributed by atoms with Gasteiger partial charge >= 0.3 is 0 Å². The number of anilines is 1. The minimum absolute atomic E-state index is 0.0736. The van der Waals surface area contributed by atoms with E-state index in [1.54, 1.807) is 11.7 Å². The van der Waals surface area contributed by atoms with E-state index in [4.69, 9.17) is 4.74 Å². The molecule has 2 heterocycles. The van der Waals surface area contributed by atoms with E-state index in [9.17, 15) is 4.79 Å². The monoisotopic (exact) mass is 209 g/mol. The SMILES string of the molecule is Cc1cc(NC(=O)[C@H]2CCCO2)n(C)n1. The van der Waals surface area contributed by atoms with E-state index < -0.39 is 0 Å². The summed E-state index contributed by atoms with van der Waals surface area (Å²) in [6, 6.07) is 1.84. The molecule has 0 unspecified atom stereocenters. The molecule has 0 saturated carbocycles. The summed E-state index contributed by atoms with van der Waals surface area (Å²) in [6.07, 6.45) is 1.48. The molecule has 1 fully saturated rings. The van der Waals surface area contributed by atoms with Crippen molar-refractivity contribution in [3.05, 3.63) is 11.8 Å². The highest BCUT2D eigenvalue weighted by Crippen LogP contribution is 2.15. The van der Waals surface area contributed by atoms with Gasteiger partial charge in [0.2, 0.25) is 0 Å². The number of nitrogens with zero attached hydrogens (tertiary/aromatic N) is 2. The van der Waals surface area contributed by atoms with Crippen LogP contribution in [0.4, 0.5) is 5.82 Å². The molecular weight excluding hydrogens is 194 g/mol. The van der Waals surface area contributed by atoms with Crippen LogP contribution in [-0.4, -0.2) is 28.4 Å². The molecule has 1 aromatic heterocycles. The smallest absolute Gasteiger partial charge is 0.254 e. The van der Waals surface area contributed by atoms with Crippen LogP contribution >= 0.6 is 0 Å². The first-order valence-electron chi connectivity index (χ1n) is 5.10. The first kappa shape index (κ1) is 10.2. The predicted octanol–water partition coefficient (Wildman–Crippen LogP) is 0.846. The number of carbonyl (C=O) groups is 1. The van der Waals surface area contributed by atoms with E-state index in [1.807, 2.05) is 13.0 Å². The molecule has 1 saturated heterocycles. The summed E-state index contributed by atoms with van der Waals surface area (Å²) in [5, 5.41) is 6.96. The summed E-state index contributed by atoms with van der Waals surface area (Å²) in [5.41, 5.74) is 0.889. The lowest BCUT2D eigenvalue weighted by atomic mass is 10.2. The van der Waals surface area contributed by atoms with E-state index >= 15 is 0 Å². The van der Waals surface area contributed by atoms with Crippen LogP contribution in [-0.2, 0) is 16.6 Å². The van der Waals surface area contributed by atoms with Crippen molar-refractivity contribution in [3.8, 4) is 0 Å². The molecule has 0 spiro atoms. The van der Waals surface area contributed by atoms with E-state index in [1.165, 1.54) is 0 Å². The third-order valence-corrected chi connectivity index (χ3v) is 2.48. The quantitative estimate of drug-likeness (QED) is 0.785. The van der Waals surface area contributed by atoms with Crippen LogP contribution in [0.25, 0.3) is 0 Å². The Balaban J connectivity index is 2.01. The second-order valence-corrected chi connectivity index (χ2v) is 3.79. The average molecular weight is 209 g/mol. The average Bonchev–Trinajstić information content (AvgIpc) is 2.76. The Kier molecular flexibility index (Phi) is 2.73. The number of rotatable bonds is 2. The van der Waals surface area contributed by atoms with Crippen LogP contribution in [0, 0.1) is 6.92 Å². The fraction of sp³-hybridized carbons (Fsp3) is 0.600. The Morgan fingerprint density at radius 3 is 3.07 bits per heavy atom. The molecule has 1 N–H and O–H groups in total. The number of aromatic nitrogens is 2. The van der Waals surface area contributed by atoms with Gasteiger partial charge in [0.1, 0.15) is 11.9 Å². The highest BCUT2D eigenvalue weighted by Gasteiger charge is 2.24. The van der Waals surface area contributed by atoms with Gasteiger partial charge in [-0.15, -0.1) is 0 Å². The van der Waals surface area contributed by atoms with Crippen molar-refractivity contribution in [2.45, 2.75) is 25.9 Å². The van der Waals surface area contributed by atoms with Crippen molar-refractivity contribution in [3.63, 3.8) is 0 Å². The number of amides is 1. The third kappa shape index (κ3) is 2.18. The minimum atomic E-state index is -0.291. The zero-order valence-corrected chi connectivity index (χ0v) is 8.99. The van der Waals surface area contributed by atoms with Crippen LogP contribution in [0.15, 0.2) is 6.07 Å². The second-order valence-electron chi connectivity index (χ2n) is 3.79. The Morgan fingerprint density at radius 1 is 1.73 bits per heavy atom. The summed E-state index contributed by atoms with van der Waals surface area (Å²) >= 11 is 0. The zero-order chi connectivity index (χ0) is 10.8. The summed E-state index contributed by atoms with van der Waals surface area (Å²) in [4.78, 5) is 11.7. The van der Waals surface area contributed by atoms with Crippen LogP contribution in [0.5, 0.6) is 0 Å². The standard InChI is InChI=1S/C10H15N3O2/c1-7-6-9(13(2)12-7)11-10(14)8-4-3-5-15-8/h6,8H,3-5H2,1-2H3,(H,11,14)/t8-/m1/s1. The maximum atomic E-state index is 11.7. The molecule has 1 aliphatic rings. The van der Waals surface area contributed by atoms with Crippen molar-refractivity contribution >= 4 is 11.7 Å². The largest absolute Gasteiger partial charge is 0.368 e. The van der Waals surface area contributed by atoms with Crippen molar-refractivity contribution in [2.24, 2.45) is 7.05 Å². The number of ether oxygens (including phenoxy) is 1. The van der Waals surface area contributed by atoms with Gasteiger partial charge in [-0.1, -0.05) is 0 Å².